The van der Waals surface area contributed by atoms with Crippen molar-refractivity contribution in [2.45, 2.75) is 32.6 Å². The number of aliphatic hydroxyl groups excluding tert-OH is 1. The summed E-state index contributed by atoms with van der Waals surface area (Å²) in [7, 11) is 0. The Kier molecular flexibility index (Phi) is 5.40. The van der Waals surface area contributed by atoms with Gasteiger partial charge in [0.2, 0.25) is 0 Å². The van der Waals surface area contributed by atoms with Gasteiger partial charge in [0.05, 0.1) is 6.61 Å². The van der Waals surface area contributed by atoms with Crippen LogP contribution in [0.2, 0.25) is 0 Å². The zero-order chi connectivity index (χ0) is 11.1. The van der Waals surface area contributed by atoms with Gasteiger partial charge in [0.1, 0.15) is 0 Å². The molecule has 15 heavy (non-hydrogen) atoms. The monoisotopic (exact) mass is 212 g/mol. The Morgan fingerprint density at radius 1 is 1.33 bits per heavy atom. The molecule has 0 radical (unpaired) electrons. The van der Waals surface area contributed by atoms with E-state index in [-0.39, 0.29) is 5.97 Å². The number of carbonyl (C=O) groups excluding carboxylic acids is 1. The second-order valence-electron chi connectivity index (χ2n) is 4.20. The molecule has 1 rings (SSSR count). The van der Waals surface area contributed by atoms with E-state index >= 15 is 0 Å². The number of hydrogen-bond acceptors (Lipinski definition) is 3. The molecule has 1 aliphatic rings. The maximum absolute atomic E-state index is 11.1. The van der Waals surface area contributed by atoms with E-state index < -0.39 is 0 Å². The third-order valence-corrected chi connectivity index (χ3v) is 2.99. The number of ether oxygens (including phenoxy) is 1. The first kappa shape index (κ1) is 12.2. The van der Waals surface area contributed by atoms with Crippen LogP contribution in [0.5, 0.6) is 0 Å². The summed E-state index contributed by atoms with van der Waals surface area (Å²) >= 11 is 0. The van der Waals surface area contributed by atoms with E-state index in [4.69, 9.17) is 9.84 Å². The van der Waals surface area contributed by atoms with Crippen LogP contribution in [-0.2, 0) is 9.53 Å². The Bertz CT molecular complexity index is 215. The predicted octanol–water partition coefficient (Wildman–Crippen LogP) is 1.90. The molecule has 0 spiro atoms. The van der Waals surface area contributed by atoms with Crippen LogP contribution in [0.25, 0.3) is 0 Å². The van der Waals surface area contributed by atoms with Crippen LogP contribution in [0.3, 0.4) is 0 Å². The average molecular weight is 212 g/mol. The summed E-state index contributed by atoms with van der Waals surface area (Å²) in [6.07, 6.45) is 7.37. The number of aliphatic hydroxyl groups is 1. The Hall–Kier alpha value is -0.830. The van der Waals surface area contributed by atoms with Gasteiger partial charge in [-0.1, -0.05) is 6.08 Å². The van der Waals surface area contributed by atoms with E-state index in [1.807, 2.05) is 0 Å². The SMILES string of the molecule is C/C=C/C(=O)OCC1CCC(CO)CC1. The molecule has 1 N–H and O–H groups in total. The molecule has 0 aliphatic heterocycles. The van der Waals surface area contributed by atoms with Crippen molar-refractivity contribution in [1.82, 2.24) is 0 Å². The van der Waals surface area contributed by atoms with Crippen molar-refractivity contribution < 1.29 is 14.6 Å². The highest BCUT2D eigenvalue weighted by Crippen LogP contribution is 2.28. The van der Waals surface area contributed by atoms with Crippen molar-refractivity contribution in [3.05, 3.63) is 12.2 Å². The molecule has 1 saturated carbocycles. The molecule has 0 amide bonds. The lowest BCUT2D eigenvalue weighted by molar-refractivity contribution is -0.139. The van der Waals surface area contributed by atoms with E-state index in [1.165, 1.54) is 6.08 Å². The van der Waals surface area contributed by atoms with Crippen LogP contribution in [0.1, 0.15) is 32.6 Å². The van der Waals surface area contributed by atoms with Gasteiger partial charge >= 0.3 is 5.97 Å². The first-order chi connectivity index (χ1) is 7.26. The molecule has 86 valence electrons. The third kappa shape index (κ3) is 4.47. The molecule has 3 nitrogen and oxygen atoms in total. The van der Waals surface area contributed by atoms with E-state index in [0.717, 1.165) is 25.7 Å². The molecule has 0 heterocycles. The van der Waals surface area contributed by atoms with Crippen LogP contribution >= 0.6 is 0 Å². The first-order valence-electron chi connectivity index (χ1n) is 5.66. The van der Waals surface area contributed by atoms with Crippen molar-refractivity contribution in [2.24, 2.45) is 11.8 Å². The molecule has 0 aromatic rings. The minimum absolute atomic E-state index is 0.248. The zero-order valence-corrected chi connectivity index (χ0v) is 9.32. The lowest BCUT2D eigenvalue weighted by Crippen LogP contribution is -2.21. The van der Waals surface area contributed by atoms with Crippen LogP contribution in [0.15, 0.2) is 12.2 Å². The molecule has 0 atom stereocenters. The normalized spacial score (nSPS) is 26.8. The molecular weight excluding hydrogens is 192 g/mol. The van der Waals surface area contributed by atoms with Gasteiger partial charge in [-0.25, -0.2) is 4.79 Å². The fourth-order valence-corrected chi connectivity index (χ4v) is 1.96. The zero-order valence-electron chi connectivity index (χ0n) is 9.32. The van der Waals surface area contributed by atoms with Crippen molar-refractivity contribution in [3.63, 3.8) is 0 Å². The summed E-state index contributed by atoms with van der Waals surface area (Å²) in [5.74, 6) is 0.705. The maximum Gasteiger partial charge on any atom is 0.330 e. The summed E-state index contributed by atoms with van der Waals surface area (Å²) in [5, 5.41) is 8.97. The minimum Gasteiger partial charge on any atom is -0.462 e. The Balaban J connectivity index is 2.16. The summed E-state index contributed by atoms with van der Waals surface area (Å²) in [4.78, 5) is 11.1. The second-order valence-corrected chi connectivity index (χ2v) is 4.20. The number of carbonyl (C=O) groups is 1. The van der Waals surface area contributed by atoms with Crippen LogP contribution in [0, 0.1) is 11.8 Å². The second kappa shape index (κ2) is 6.62. The Morgan fingerprint density at radius 2 is 1.93 bits per heavy atom. The largest absolute Gasteiger partial charge is 0.462 e. The maximum atomic E-state index is 11.1. The molecule has 0 unspecified atom stereocenters. The molecule has 3 heteroatoms. The molecular formula is C12H20O3. The fourth-order valence-electron chi connectivity index (χ4n) is 1.96. The third-order valence-electron chi connectivity index (χ3n) is 2.99. The smallest absolute Gasteiger partial charge is 0.330 e. The summed E-state index contributed by atoms with van der Waals surface area (Å²) < 4.78 is 5.10. The lowest BCUT2D eigenvalue weighted by atomic mass is 9.83. The van der Waals surface area contributed by atoms with Crippen LogP contribution in [-0.4, -0.2) is 24.3 Å². The number of hydrogen-bond donors (Lipinski definition) is 1. The van der Waals surface area contributed by atoms with Gasteiger partial charge in [0.15, 0.2) is 0 Å². The van der Waals surface area contributed by atoms with Crippen LogP contribution in [0.4, 0.5) is 0 Å². The van der Waals surface area contributed by atoms with Crippen molar-refractivity contribution in [2.75, 3.05) is 13.2 Å². The minimum atomic E-state index is -0.248. The molecule has 0 aromatic heterocycles. The topological polar surface area (TPSA) is 46.5 Å². The molecule has 0 bridgehead atoms. The van der Waals surface area contributed by atoms with E-state index in [1.54, 1.807) is 13.0 Å². The van der Waals surface area contributed by atoms with Gasteiger partial charge in [-0.2, -0.15) is 0 Å². The summed E-state index contributed by atoms with van der Waals surface area (Å²) in [6, 6.07) is 0. The average Bonchev–Trinajstić information content (AvgIpc) is 2.27. The molecule has 0 saturated heterocycles. The highest BCUT2D eigenvalue weighted by atomic mass is 16.5. The van der Waals surface area contributed by atoms with Crippen molar-refractivity contribution in [3.8, 4) is 0 Å². The Morgan fingerprint density at radius 3 is 2.47 bits per heavy atom. The quantitative estimate of drug-likeness (QED) is 0.572. The fraction of sp³-hybridized carbons (Fsp3) is 0.750. The van der Waals surface area contributed by atoms with E-state index in [9.17, 15) is 4.79 Å². The number of rotatable bonds is 4. The molecule has 0 aromatic carbocycles. The molecule has 1 aliphatic carbocycles. The van der Waals surface area contributed by atoms with Crippen molar-refractivity contribution >= 4 is 5.97 Å². The van der Waals surface area contributed by atoms with Gasteiger partial charge in [-0.15, -0.1) is 0 Å². The number of allylic oxidation sites excluding steroid dienone is 1. The highest BCUT2D eigenvalue weighted by Gasteiger charge is 2.21. The lowest BCUT2D eigenvalue weighted by Gasteiger charge is -2.26. The van der Waals surface area contributed by atoms with E-state index in [2.05, 4.69) is 0 Å². The number of esters is 1. The van der Waals surface area contributed by atoms with Gasteiger partial charge in [-0.05, 0) is 44.4 Å². The van der Waals surface area contributed by atoms with Crippen LogP contribution < -0.4 is 0 Å². The summed E-state index contributed by atoms with van der Waals surface area (Å²) in [6.45, 7) is 2.63. The molecule has 1 fully saturated rings. The van der Waals surface area contributed by atoms with Gasteiger partial charge in [0, 0.05) is 12.7 Å². The van der Waals surface area contributed by atoms with E-state index in [0.29, 0.717) is 25.0 Å². The van der Waals surface area contributed by atoms with Gasteiger partial charge in [0.25, 0.3) is 0 Å². The Labute approximate surface area is 91.1 Å². The van der Waals surface area contributed by atoms with Gasteiger partial charge < -0.3 is 9.84 Å². The first-order valence-corrected chi connectivity index (χ1v) is 5.66. The van der Waals surface area contributed by atoms with Gasteiger partial charge in [-0.3, -0.25) is 0 Å². The predicted molar refractivity (Wildman–Crippen MR) is 58.3 cm³/mol. The van der Waals surface area contributed by atoms with Crippen molar-refractivity contribution in [1.29, 1.82) is 0 Å². The highest BCUT2D eigenvalue weighted by molar-refractivity contribution is 5.81. The standard InChI is InChI=1S/C12H20O3/c1-2-3-12(14)15-9-11-6-4-10(8-13)5-7-11/h2-3,10-11,13H,4-9H2,1H3/b3-2+. The summed E-state index contributed by atoms with van der Waals surface area (Å²) in [5.41, 5.74) is 0.